The molecule has 102 valence electrons. The van der Waals surface area contributed by atoms with Crippen LogP contribution in [0.25, 0.3) is 0 Å². The normalized spacial score (nSPS) is 33.7. The molecule has 0 saturated carbocycles. The van der Waals surface area contributed by atoms with Crippen LogP contribution in [0, 0.1) is 5.92 Å². The van der Waals surface area contributed by atoms with Crippen molar-refractivity contribution in [1.29, 1.82) is 0 Å². The Balaban J connectivity index is 2.12. The minimum absolute atomic E-state index is 0.0246. The molecule has 2 fully saturated rings. The molecule has 1 amide bonds. The van der Waals surface area contributed by atoms with Crippen LogP contribution in [-0.4, -0.2) is 54.2 Å². The lowest BCUT2D eigenvalue weighted by molar-refractivity contribution is -0.121. The number of hydrogen-bond donors (Lipinski definition) is 0. The molecule has 0 N–H and O–H groups in total. The zero-order valence-corrected chi connectivity index (χ0v) is 12.4. The van der Waals surface area contributed by atoms with Gasteiger partial charge >= 0.3 is 0 Å². The minimum Gasteiger partial charge on any atom is -0.349 e. The number of thioether (sulfide) groups is 1. The van der Waals surface area contributed by atoms with E-state index in [1.807, 2.05) is 25.8 Å². The van der Waals surface area contributed by atoms with Crippen molar-refractivity contribution in [3.8, 4) is 0 Å². The van der Waals surface area contributed by atoms with Crippen molar-refractivity contribution in [2.75, 3.05) is 18.6 Å². The second-order valence-electron chi connectivity index (χ2n) is 4.95. The molecule has 7 heteroatoms. The molecular formula is C11H18N2O3S2. The molecule has 2 heterocycles. The third kappa shape index (κ3) is 2.56. The third-order valence-electron chi connectivity index (χ3n) is 3.57. The van der Waals surface area contributed by atoms with Crippen LogP contribution in [0.4, 0.5) is 0 Å². The fourth-order valence-electron chi connectivity index (χ4n) is 2.12. The van der Waals surface area contributed by atoms with E-state index in [-0.39, 0.29) is 34.6 Å². The number of amides is 1. The van der Waals surface area contributed by atoms with Crippen LogP contribution in [0.3, 0.4) is 0 Å². The quantitative estimate of drug-likeness (QED) is 0.751. The lowest BCUT2D eigenvalue weighted by atomic mass is 10.1. The monoisotopic (exact) mass is 290 g/mol. The Hall–Kier alpha value is -0.560. The fraction of sp³-hybridized carbons (Fsp3) is 0.818. The lowest BCUT2D eigenvalue weighted by Gasteiger charge is -2.18. The zero-order valence-electron chi connectivity index (χ0n) is 10.8. The number of sulfone groups is 1. The van der Waals surface area contributed by atoms with Gasteiger partial charge in [0.15, 0.2) is 15.0 Å². The van der Waals surface area contributed by atoms with Gasteiger partial charge in [-0.2, -0.15) is 4.99 Å². The van der Waals surface area contributed by atoms with Gasteiger partial charge in [0.1, 0.15) is 0 Å². The van der Waals surface area contributed by atoms with Crippen LogP contribution >= 0.6 is 11.8 Å². The van der Waals surface area contributed by atoms with Crippen LogP contribution in [0.5, 0.6) is 0 Å². The number of amidine groups is 1. The summed E-state index contributed by atoms with van der Waals surface area (Å²) in [6.07, 6.45) is 0.769. The molecule has 2 aliphatic rings. The predicted molar refractivity (Wildman–Crippen MR) is 73.5 cm³/mol. The number of rotatable bonds is 2. The molecule has 2 saturated heterocycles. The largest absolute Gasteiger partial charge is 0.349 e. The number of hydrogen-bond acceptors (Lipinski definition) is 4. The van der Waals surface area contributed by atoms with Crippen molar-refractivity contribution < 1.29 is 13.2 Å². The highest BCUT2D eigenvalue weighted by atomic mass is 32.2. The van der Waals surface area contributed by atoms with E-state index in [9.17, 15) is 13.2 Å². The summed E-state index contributed by atoms with van der Waals surface area (Å²) in [7, 11) is -1.09. The maximum Gasteiger partial charge on any atom is 0.250 e. The molecular weight excluding hydrogens is 272 g/mol. The first-order valence-electron chi connectivity index (χ1n) is 6.06. The van der Waals surface area contributed by atoms with Gasteiger partial charge in [-0.15, -0.1) is 0 Å². The summed E-state index contributed by atoms with van der Waals surface area (Å²) in [5.41, 5.74) is 0. The molecule has 2 aliphatic heterocycles. The minimum atomic E-state index is -2.91. The Morgan fingerprint density at radius 1 is 1.56 bits per heavy atom. The SMILES string of the molecule is CC[C@@H](C)C(=O)N=C1S[C@H]2CS(=O)(=O)C[C@@H]2N1C. The van der Waals surface area contributed by atoms with Gasteiger partial charge in [0.2, 0.25) is 0 Å². The van der Waals surface area contributed by atoms with Gasteiger partial charge in [0, 0.05) is 18.2 Å². The van der Waals surface area contributed by atoms with Gasteiger partial charge < -0.3 is 4.90 Å². The highest BCUT2D eigenvalue weighted by Gasteiger charge is 2.47. The van der Waals surface area contributed by atoms with Crippen molar-refractivity contribution in [1.82, 2.24) is 4.90 Å². The highest BCUT2D eigenvalue weighted by Crippen LogP contribution is 2.37. The second-order valence-corrected chi connectivity index (χ2v) is 8.31. The summed E-state index contributed by atoms with van der Waals surface area (Å²) in [6.45, 7) is 3.81. The standard InChI is InChI=1S/C11H18N2O3S2/c1-4-7(2)10(14)12-11-13(3)8-5-18(15,16)6-9(8)17-11/h7-9H,4-6H2,1-3H3/t7-,8+,9+/m1/s1. The van der Waals surface area contributed by atoms with Gasteiger partial charge in [-0.3, -0.25) is 4.79 Å². The van der Waals surface area contributed by atoms with Crippen LogP contribution in [0.1, 0.15) is 20.3 Å². The number of carbonyl (C=O) groups excluding carboxylic acids is 1. The molecule has 0 bridgehead atoms. The topological polar surface area (TPSA) is 66.8 Å². The molecule has 0 radical (unpaired) electrons. The molecule has 5 nitrogen and oxygen atoms in total. The van der Waals surface area contributed by atoms with Gasteiger partial charge in [-0.05, 0) is 6.42 Å². The van der Waals surface area contributed by atoms with Crippen molar-refractivity contribution in [3.05, 3.63) is 0 Å². The number of fused-ring (bicyclic) bond motifs is 1. The second kappa shape index (κ2) is 4.85. The van der Waals surface area contributed by atoms with Crippen LogP contribution < -0.4 is 0 Å². The molecule has 0 aromatic heterocycles. The van der Waals surface area contributed by atoms with E-state index in [1.54, 1.807) is 0 Å². The number of aliphatic imine (C=N–C) groups is 1. The van der Waals surface area contributed by atoms with E-state index in [2.05, 4.69) is 4.99 Å². The number of nitrogens with zero attached hydrogens (tertiary/aromatic N) is 2. The Morgan fingerprint density at radius 2 is 2.22 bits per heavy atom. The van der Waals surface area contributed by atoms with Gasteiger partial charge in [0.05, 0.1) is 17.5 Å². The van der Waals surface area contributed by atoms with Gasteiger partial charge in [-0.25, -0.2) is 8.42 Å². The van der Waals surface area contributed by atoms with E-state index in [0.29, 0.717) is 5.17 Å². The number of carbonyl (C=O) groups is 1. The van der Waals surface area contributed by atoms with Crippen molar-refractivity contribution in [2.45, 2.75) is 31.6 Å². The van der Waals surface area contributed by atoms with Crippen LogP contribution in [0.2, 0.25) is 0 Å². The van der Waals surface area contributed by atoms with Crippen LogP contribution in [-0.2, 0) is 14.6 Å². The molecule has 2 rings (SSSR count). The summed E-state index contributed by atoms with van der Waals surface area (Å²) in [6, 6.07) is -0.0246. The Labute approximate surface area is 112 Å². The Kier molecular flexibility index (Phi) is 3.73. The average Bonchev–Trinajstić information content (AvgIpc) is 2.73. The lowest BCUT2D eigenvalue weighted by Crippen LogP contribution is -2.34. The summed E-state index contributed by atoms with van der Waals surface area (Å²) < 4.78 is 23.1. The maximum atomic E-state index is 11.8. The first-order valence-corrected chi connectivity index (χ1v) is 8.76. The summed E-state index contributed by atoms with van der Waals surface area (Å²) >= 11 is 1.42. The zero-order chi connectivity index (χ0) is 13.5. The van der Waals surface area contributed by atoms with Crippen molar-refractivity contribution in [3.63, 3.8) is 0 Å². The Bertz CT molecular complexity index is 487. The molecule has 0 aromatic rings. The first kappa shape index (κ1) is 13.9. The van der Waals surface area contributed by atoms with E-state index >= 15 is 0 Å². The van der Waals surface area contributed by atoms with Gasteiger partial charge in [-0.1, -0.05) is 25.6 Å². The van der Waals surface area contributed by atoms with E-state index < -0.39 is 9.84 Å². The summed E-state index contributed by atoms with van der Waals surface area (Å²) in [5.74, 6) is 0.186. The molecule has 0 aliphatic carbocycles. The molecule has 0 unspecified atom stereocenters. The van der Waals surface area contributed by atoms with Crippen molar-refractivity contribution in [2.24, 2.45) is 10.9 Å². The smallest absolute Gasteiger partial charge is 0.250 e. The first-order chi connectivity index (χ1) is 8.34. The molecule has 0 aromatic carbocycles. The molecule has 0 spiro atoms. The fourth-order valence-corrected chi connectivity index (χ4v) is 6.12. The van der Waals surface area contributed by atoms with Gasteiger partial charge in [0.25, 0.3) is 5.91 Å². The average molecular weight is 290 g/mol. The summed E-state index contributed by atoms with van der Waals surface area (Å²) in [4.78, 5) is 17.8. The van der Waals surface area contributed by atoms with E-state index in [4.69, 9.17) is 0 Å². The highest BCUT2D eigenvalue weighted by molar-refractivity contribution is 8.15. The van der Waals surface area contributed by atoms with Crippen molar-refractivity contribution >= 4 is 32.7 Å². The summed E-state index contributed by atoms with van der Waals surface area (Å²) in [5, 5.41) is 0.702. The predicted octanol–water partition coefficient (Wildman–Crippen LogP) is 0.759. The van der Waals surface area contributed by atoms with E-state index in [1.165, 1.54) is 11.8 Å². The van der Waals surface area contributed by atoms with E-state index in [0.717, 1.165) is 6.42 Å². The van der Waals surface area contributed by atoms with Crippen LogP contribution in [0.15, 0.2) is 4.99 Å². The maximum absolute atomic E-state index is 11.8. The molecule has 18 heavy (non-hydrogen) atoms. The third-order valence-corrected chi connectivity index (χ3v) is 6.87. The molecule has 3 atom stereocenters. The Morgan fingerprint density at radius 3 is 2.78 bits per heavy atom.